The van der Waals surface area contributed by atoms with Crippen LogP contribution in [-0.2, 0) is 0 Å². The average molecular weight is 263 g/mol. The summed E-state index contributed by atoms with van der Waals surface area (Å²) in [5.41, 5.74) is 0. The topological polar surface area (TPSA) is 0 Å². The van der Waals surface area contributed by atoms with Gasteiger partial charge >= 0.3 is 0 Å². The van der Waals surface area contributed by atoms with E-state index in [9.17, 15) is 0 Å². The third kappa shape index (κ3) is 1.52. The summed E-state index contributed by atoms with van der Waals surface area (Å²) < 4.78 is 0. The third-order valence-corrected chi connectivity index (χ3v) is 4.37. The second-order valence-electron chi connectivity index (χ2n) is 5.45. The summed E-state index contributed by atoms with van der Waals surface area (Å²) in [5, 5.41) is 10.8. The average Bonchev–Trinajstić information content (AvgIpc) is 2.52. The van der Waals surface area contributed by atoms with Crippen molar-refractivity contribution in [3.8, 4) is 0 Å². The van der Waals surface area contributed by atoms with Crippen molar-refractivity contribution in [1.29, 1.82) is 0 Å². The van der Waals surface area contributed by atoms with E-state index in [0.29, 0.717) is 0 Å². The fourth-order valence-electron chi connectivity index (χ4n) is 3.49. The highest BCUT2D eigenvalue weighted by molar-refractivity contribution is 6.28. The van der Waals surface area contributed by atoms with Crippen molar-refractivity contribution in [3.05, 3.63) is 72.8 Å². The molecule has 0 N–H and O–H groups in total. The molecule has 0 atom stereocenters. The standard InChI is InChI=1S/C20H12.B/c1-2-7-17-15(4-1)12-16-9-8-13-5-3-6-14-10-11-18(17)20(16)19(13)14;/h1-12H;. The first kappa shape index (κ1) is 12.2. The molecular formula is C20H12B. The zero-order valence-corrected chi connectivity index (χ0v) is 11.5. The molecule has 0 bridgehead atoms. The normalized spacial score (nSPS) is 11.4. The van der Waals surface area contributed by atoms with Crippen molar-refractivity contribution < 1.29 is 0 Å². The Morgan fingerprint density at radius 2 is 1.10 bits per heavy atom. The molecule has 1 heteroatoms. The summed E-state index contributed by atoms with van der Waals surface area (Å²) in [5.74, 6) is 0. The molecule has 0 unspecified atom stereocenters. The summed E-state index contributed by atoms with van der Waals surface area (Å²) in [7, 11) is 0. The maximum Gasteiger partial charge on any atom is 0 e. The van der Waals surface area contributed by atoms with Gasteiger partial charge in [0.05, 0.1) is 0 Å². The Balaban J connectivity index is 0.00000115. The van der Waals surface area contributed by atoms with Gasteiger partial charge in [-0.15, -0.1) is 0 Å². The first-order chi connectivity index (χ1) is 9.92. The van der Waals surface area contributed by atoms with Gasteiger partial charge in [0.1, 0.15) is 0 Å². The number of benzene rings is 5. The van der Waals surface area contributed by atoms with Gasteiger partial charge in [-0.3, -0.25) is 0 Å². The van der Waals surface area contributed by atoms with E-state index in [2.05, 4.69) is 72.8 Å². The van der Waals surface area contributed by atoms with Crippen LogP contribution >= 0.6 is 0 Å². The van der Waals surface area contributed by atoms with E-state index < -0.39 is 0 Å². The summed E-state index contributed by atoms with van der Waals surface area (Å²) in [6.07, 6.45) is 0. The van der Waals surface area contributed by atoms with E-state index in [1.54, 1.807) is 0 Å². The Kier molecular flexibility index (Phi) is 2.46. The largest absolute Gasteiger partial charge is 0.0616 e. The molecule has 5 aromatic rings. The first-order valence-electron chi connectivity index (χ1n) is 6.97. The Labute approximate surface area is 124 Å². The van der Waals surface area contributed by atoms with Crippen LogP contribution in [0.3, 0.4) is 0 Å². The molecule has 0 aliphatic rings. The highest BCUT2D eigenvalue weighted by Gasteiger charge is 2.09. The zero-order valence-electron chi connectivity index (χ0n) is 11.5. The van der Waals surface area contributed by atoms with Crippen LogP contribution in [0.4, 0.5) is 0 Å². The molecular weight excluding hydrogens is 251 g/mol. The molecule has 0 heterocycles. The van der Waals surface area contributed by atoms with Gasteiger partial charge in [-0.05, 0) is 49.2 Å². The smallest absolute Gasteiger partial charge is 0 e. The summed E-state index contributed by atoms with van der Waals surface area (Å²) >= 11 is 0. The van der Waals surface area contributed by atoms with E-state index in [0.717, 1.165) is 0 Å². The molecule has 0 aliphatic carbocycles. The Bertz CT molecular complexity index is 1080. The minimum atomic E-state index is 0. The lowest BCUT2D eigenvalue weighted by Gasteiger charge is -2.12. The molecule has 21 heavy (non-hydrogen) atoms. The number of hydrogen-bond acceptors (Lipinski definition) is 0. The van der Waals surface area contributed by atoms with Crippen LogP contribution in [0.2, 0.25) is 0 Å². The fourth-order valence-corrected chi connectivity index (χ4v) is 3.49. The highest BCUT2D eigenvalue weighted by Crippen LogP contribution is 2.38. The van der Waals surface area contributed by atoms with Gasteiger partial charge in [0.25, 0.3) is 0 Å². The van der Waals surface area contributed by atoms with E-state index in [1.807, 2.05) is 0 Å². The maximum absolute atomic E-state index is 2.31. The van der Waals surface area contributed by atoms with Crippen LogP contribution < -0.4 is 0 Å². The van der Waals surface area contributed by atoms with Gasteiger partial charge in [-0.1, -0.05) is 66.7 Å². The summed E-state index contributed by atoms with van der Waals surface area (Å²) in [6.45, 7) is 0. The van der Waals surface area contributed by atoms with Crippen LogP contribution in [0.15, 0.2) is 72.8 Å². The van der Waals surface area contributed by atoms with E-state index in [4.69, 9.17) is 0 Å². The molecule has 95 valence electrons. The number of fused-ring (bicyclic) bond motifs is 2. The molecule has 3 radical (unpaired) electrons. The zero-order chi connectivity index (χ0) is 13.1. The number of rotatable bonds is 0. The van der Waals surface area contributed by atoms with Gasteiger partial charge in [0, 0.05) is 8.41 Å². The molecule has 0 saturated heterocycles. The van der Waals surface area contributed by atoms with Crippen molar-refractivity contribution in [2.24, 2.45) is 0 Å². The molecule has 0 aromatic heterocycles. The molecule has 0 amide bonds. The van der Waals surface area contributed by atoms with Crippen LogP contribution in [0.1, 0.15) is 0 Å². The Morgan fingerprint density at radius 1 is 0.429 bits per heavy atom. The fraction of sp³-hybridized carbons (Fsp3) is 0. The van der Waals surface area contributed by atoms with E-state index >= 15 is 0 Å². The van der Waals surface area contributed by atoms with Gasteiger partial charge in [0.2, 0.25) is 0 Å². The predicted molar refractivity (Wildman–Crippen MR) is 93.4 cm³/mol. The van der Waals surface area contributed by atoms with Crippen LogP contribution in [0.25, 0.3) is 43.1 Å². The summed E-state index contributed by atoms with van der Waals surface area (Å²) in [6, 6.07) is 26.5. The van der Waals surface area contributed by atoms with Crippen molar-refractivity contribution in [2.75, 3.05) is 0 Å². The molecule has 0 nitrogen and oxygen atoms in total. The van der Waals surface area contributed by atoms with Gasteiger partial charge < -0.3 is 0 Å². The molecule has 0 spiro atoms. The third-order valence-electron chi connectivity index (χ3n) is 4.37. The van der Waals surface area contributed by atoms with Gasteiger partial charge in [-0.2, -0.15) is 0 Å². The maximum atomic E-state index is 2.31. The highest BCUT2D eigenvalue weighted by atomic mass is 14.1. The van der Waals surface area contributed by atoms with Crippen LogP contribution in [0, 0.1) is 0 Å². The minimum absolute atomic E-state index is 0. The lowest BCUT2D eigenvalue weighted by molar-refractivity contribution is 1.78. The molecule has 0 fully saturated rings. The van der Waals surface area contributed by atoms with Gasteiger partial charge in [0.15, 0.2) is 0 Å². The van der Waals surface area contributed by atoms with Crippen molar-refractivity contribution in [2.45, 2.75) is 0 Å². The summed E-state index contributed by atoms with van der Waals surface area (Å²) in [4.78, 5) is 0. The van der Waals surface area contributed by atoms with E-state index in [1.165, 1.54) is 43.1 Å². The lowest BCUT2D eigenvalue weighted by atomic mass is 9.91. The van der Waals surface area contributed by atoms with Crippen molar-refractivity contribution >= 4 is 51.5 Å². The lowest BCUT2D eigenvalue weighted by Crippen LogP contribution is -1.85. The molecule has 0 aliphatic heterocycles. The minimum Gasteiger partial charge on any atom is -0.0616 e. The van der Waals surface area contributed by atoms with Crippen LogP contribution in [0.5, 0.6) is 0 Å². The second kappa shape index (κ2) is 4.23. The SMILES string of the molecule is [B].c1ccc2c(c1)cc1ccc3cccc4ccc2c1c34. The van der Waals surface area contributed by atoms with E-state index in [-0.39, 0.29) is 8.41 Å². The quantitative estimate of drug-likeness (QED) is 0.200. The van der Waals surface area contributed by atoms with Crippen molar-refractivity contribution in [1.82, 2.24) is 0 Å². The number of hydrogen-bond donors (Lipinski definition) is 0. The molecule has 5 aromatic carbocycles. The predicted octanol–water partition coefficient (Wildman–Crippen LogP) is 5.36. The molecule has 0 saturated carbocycles. The second-order valence-corrected chi connectivity index (χ2v) is 5.45. The molecule has 5 rings (SSSR count). The Morgan fingerprint density at radius 3 is 1.95 bits per heavy atom. The Hall–Kier alpha value is -2.54. The first-order valence-corrected chi connectivity index (χ1v) is 6.97. The monoisotopic (exact) mass is 263 g/mol. The van der Waals surface area contributed by atoms with Crippen molar-refractivity contribution in [3.63, 3.8) is 0 Å². The van der Waals surface area contributed by atoms with Crippen LogP contribution in [-0.4, -0.2) is 8.41 Å². The van der Waals surface area contributed by atoms with Gasteiger partial charge in [-0.25, -0.2) is 0 Å².